The van der Waals surface area contributed by atoms with Crippen molar-refractivity contribution in [3.8, 4) is 0 Å². The quantitative estimate of drug-likeness (QED) is 0.517. The summed E-state index contributed by atoms with van der Waals surface area (Å²) in [6.45, 7) is 4.46. The van der Waals surface area contributed by atoms with Crippen LogP contribution in [0.4, 0.5) is 0 Å². The summed E-state index contributed by atoms with van der Waals surface area (Å²) in [6.07, 6.45) is 0. The van der Waals surface area contributed by atoms with Gasteiger partial charge in [0, 0.05) is 0 Å². The van der Waals surface area contributed by atoms with Crippen molar-refractivity contribution in [2.45, 2.75) is 19.8 Å². The first-order valence-corrected chi connectivity index (χ1v) is 5.08. The smallest absolute Gasteiger partial charge is 0.317 e. The SMILES string of the molecule is CC1=C(C)C(c2ccccc2)C(=O)OC1. The summed E-state index contributed by atoms with van der Waals surface area (Å²) in [5.74, 6) is -0.343. The highest BCUT2D eigenvalue weighted by atomic mass is 16.5. The van der Waals surface area contributed by atoms with Crippen LogP contribution in [-0.4, -0.2) is 12.6 Å². The first-order chi connectivity index (χ1) is 7.20. The van der Waals surface area contributed by atoms with Crippen LogP contribution in [0.25, 0.3) is 0 Å². The monoisotopic (exact) mass is 202 g/mol. The van der Waals surface area contributed by atoms with E-state index in [1.54, 1.807) is 0 Å². The van der Waals surface area contributed by atoms with Gasteiger partial charge in [0.05, 0.1) is 0 Å². The highest BCUT2D eigenvalue weighted by molar-refractivity contribution is 5.83. The second kappa shape index (κ2) is 3.89. The first kappa shape index (κ1) is 9.97. The van der Waals surface area contributed by atoms with Crippen molar-refractivity contribution in [2.24, 2.45) is 0 Å². The van der Waals surface area contributed by atoms with Gasteiger partial charge in [-0.05, 0) is 25.0 Å². The number of carbonyl (C=O) groups is 1. The van der Waals surface area contributed by atoms with Gasteiger partial charge in [-0.3, -0.25) is 4.79 Å². The summed E-state index contributed by atoms with van der Waals surface area (Å²) < 4.78 is 5.13. The molecule has 2 heteroatoms. The molecule has 1 unspecified atom stereocenters. The summed E-state index contributed by atoms with van der Waals surface area (Å²) in [5.41, 5.74) is 3.29. The van der Waals surface area contributed by atoms with Crippen molar-refractivity contribution in [3.63, 3.8) is 0 Å². The third-order valence-electron chi connectivity index (χ3n) is 2.91. The van der Waals surface area contributed by atoms with Crippen molar-refractivity contribution in [2.75, 3.05) is 6.61 Å². The molecule has 0 fully saturated rings. The molecule has 1 atom stereocenters. The largest absolute Gasteiger partial charge is 0.460 e. The van der Waals surface area contributed by atoms with Gasteiger partial charge >= 0.3 is 5.97 Å². The number of carbonyl (C=O) groups excluding carboxylic acids is 1. The lowest BCUT2D eigenvalue weighted by Gasteiger charge is -2.24. The van der Waals surface area contributed by atoms with Crippen molar-refractivity contribution in [1.82, 2.24) is 0 Å². The normalized spacial score (nSPS) is 21.5. The maximum absolute atomic E-state index is 11.7. The molecule has 0 bridgehead atoms. The summed E-state index contributed by atoms with van der Waals surface area (Å²) in [5, 5.41) is 0. The van der Waals surface area contributed by atoms with Crippen LogP contribution < -0.4 is 0 Å². The summed E-state index contributed by atoms with van der Waals surface area (Å²) in [6, 6.07) is 9.77. The molecule has 0 aromatic heterocycles. The minimum Gasteiger partial charge on any atom is -0.460 e. The van der Waals surface area contributed by atoms with E-state index >= 15 is 0 Å². The fraction of sp³-hybridized carbons (Fsp3) is 0.308. The second-order valence-electron chi connectivity index (χ2n) is 3.91. The molecule has 15 heavy (non-hydrogen) atoms. The lowest BCUT2D eigenvalue weighted by Crippen LogP contribution is -2.24. The van der Waals surface area contributed by atoms with Crippen molar-refractivity contribution < 1.29 is 9.53 Å². The Hall–Kier alpha value is -1.57. The molecule has 0 aliphatic carbocycles. The Morgan fingerprint density at radius 3 is 2.53 bits per heavy atom. The Morgan fingerprint density at radius 2 is 1.87 bits per heavy atom. The molecule has 0 spiro atoms. The third kappa shape index (κ3) is 1.80. The van der Waals surface area contributed by atoms with E-state index < -0.39 is 0 Å². The van der Waals surface area contributed by atoms with Crippen LogP contribution in [0.2, 0.25) is 0 Å². The summed E-state index contributed by atoms with van der Waals surface area (Å²) >= 11 is 0. The fourth-order valence-corrected chi connectivity index (χ4v) is 1.83. The lowest BCUT2D eigenvalue weighted by atomic mass is 9.88. The number of benzene rings is 1. The van der Waals surface area contributed by atoms with Crippen LogP contribution >= 0.6 is 0 Å². The predicted octanol–water partition coefficient (Wildman–Crippen LogP) is 2.66. The van der Waals surface area contributed by atoms with Crippen LogP contribution in [0.1, 0.15) is 25.3 Å². The highest BCUT2D eigenvalue weighted by Gasteiger charge is 2.28. The van der Waals surface area contributed by atoms with Gasteiger partial charge in [0.15, 0.2) is 0 Å². The van der Waals surface area contributed by atoms with E-state index in [1.165, 1.54) is 0 Å². The molecule has 1 heterocycles. The molecule has 0 N–H and O–H groups in total. The molecule has 1 aliphatic heterocycles. The predicted molar refractivity (Wildman–Crippen MR) is 58.5 cm³/mol. The molecule has 0 saturated heterocycles. The molecule has 2 nitrogen and oxygen atoms in total. The number of cyclic esters (lactones) is 1. The summed E-state index contributed by atoms with van der Waals surface area (Å²) in [7, 11) is 0. The van der Waals surface area contributed by atoms with Crippen molar-refractivity contribution >= 4 is 5.97 Å². The van der Waals surface area contributed by atoms with E-state index in [2.05, 4.69) is 0 Å². The molecule has 1 aliphatic rings. The zero-order valence-electron chi connectivity index (χ0n) is 8.99. The Labute approximate surface area is 89.6 Å². The molecule has 78 valence electrons. The van der Waals surface area contributed by atoms with E-state index in [4.69, 9.17) is 4.74 Å². The average Bonchev–Trinajstić information content (AvgIpc) is 2.26. The zero-order valence-corrected chi connectivity index (χ0v) is 8.99. The van der Waals surface area contributed by atoms with Gasteiger partial charge < -0.3 is 4.74 Å². The zero-order chi connectivity index (χ0) is 10.8. The maximum Gasteiger partial charge on any atom is 0.317 e. The molecule has 0 amide bonds. The topological polar surface area (TPSA) is 26.3 Å². The fourth-order valence-electron chi connectivity index (χ4n) is 1.83. The van der Waals surface area contributed by atoms with Crippen LogP contribution in [0.5, 0.6) is 0 Å². The molecular weight excluding hydrogens is 188 g/mol. The molecule has 2 rings (SSSR count). The Kier molecular flexibility index (Phi) is 2.58. The van der Waals surface area contributed by atoms with Gasteiger partial charge in [0.1, 0.15) is 12.5 Å². The number of rotatable bonds is 1. The van der Waals surface area contributed by atoms with Crippen LogP contribution in [-0.2, 0) is 9.53 Å². The summed E-state index contributed by atoms with van der Waals surface area (Å²) in [4.78, 5) is 11.7. The molecule has 1 aromatic carbocycles. The van der Waals surface area contributed by atoms with Crippen molar-refractivity contribution in [3.05, 3.63) is 47.0 Å². The standard InChI is InChI=1S/C13H14O2/c1-9-8-15-13(14)12(10(9)2)11-6-4-3-5-7-11/h3-7,12H,8H2,1-2H3. The van der Waals surface area contributed by atoms with E-state index in [9.17, 15) is 4.79 Å². The molecule has 0 saturated carbocycles. The lowest BCUT2D eigenvalue weighted by molar-refractivity contribution is -0.144. The van der Waals surface area contributed by atoms with Crippen LogP contribution in [0, 0.1) is 0 Å². The number of hydrogen-bond acceptors (Lipinski definition) is 2. The number of hydrogen-bond donors (Lipinski definition) is 0. The van der Waals surface area contributed by atoms with E-state index in [1.807, 2.05) is 44.2 Å². The van der Waals surface area contributed by atoms with E-state index in [0.29, 0.717) is 6.61 Å². The van der Waals surface area contributed by atoms with Gasteiger partial charge in [0.25, 0.3) is 0 Å². The van der Waals surface area contributed by atoms with E-state index in [0.717, 1.165) is 16.7 Å². The number of ether oxygens (including phenoxy) is 1. The van der Waals surface area contributed by atoms with Gasteiger partial charge in [-0.25, -0.2) is 0 Å². The van der Waals surface area contributed by atoms with Gasteiger partial charge in [0.2, 0.25) is 0 Å². The minimum absolute atomic E-state index is 0.135. The Bertz CT molecular complexity index is 404. The first-order valence-electron chi connectivity index (χ1n) is 5.08. The van der Waals surface area contributed by atoms with Crippen LogP contribution in [0.15, 0.2) is 41.5 Å². The van der Waals surface area contributed by atoms with Crippen molar-refractivity contribution in [1.29, 1.82) is 0 Å². The minimum atomic E-state index is -0.208. The second-order valence-corrected chi connectivity index (χ2v) is 3.91. The molecular formula is C13H14O2. The number of esters is 1. The van der Waals surface area contributed by atoms with E-state index in [-0.39, 0.29) is 11.9 Å². The van der Waals surface area contributed by atoms with Gasteiger partial charge in [-0.1, -0.05) is 35.9 Å². The van der Waals surface area contributed by atoms with Gasteiger partial charge in [-0.15, -0.1) is 0 Å². The third-order valence-corrected chi connectivity index (χ3v) is 2.91. The maximum atomic E-state index is 11.7. The van der Waals surface area contributed by atoms with Crippen LogP contribution in [0.3, 0.4) is 0 Å². The Balaban J connectivity index is 2.43. The molecule has 0 radical (unpaired) electrons. The highest BCUT2D eigenvalue weighted by Crippen LogP contribution is 2.31. The van der Waals surface area contributed by atoms with Gasteiger partial charge in [-0.2, -0.15) is 0 Å². The average molecular weight is 202 g/mol. The Morgan fingerprint density at radius 1 is 1.20 bits per heavy atom. The molecule has 1 aromatic rings.